The topological polar surface area (TPSA) is 28.2 Å². The fourth-order valence-electron chi connectivity index (χ4n) is 2.29. The van der Waals surface area contributed by atoms with Gasteiger partial charge in [0.15, 0.2) is 5.82 Å². The van der Waals surface area contributed by atoms with Crippen LogP contribution in [0.2, 0.25) is 0 Å². The highest BCUT2D eigenvalue weighted by Gasteiger charge is 2.17. The minimum atomic E-state index is 0.923. The summed E-state index contributed by atoms with van der Waals surface area (Å²) in [6, 6.07) is 12.8. The first-order chi connectivity index (χ1) is 8.83. The maximum atomic E-state index is 4.48. The average Bonchev–Trinajstić information content (AvgIpc) is 2.42. The summed E-state index contributed by atoms with van der Waals surface area (Å²) >= 11 is 0. The minimum Gasteiger partial charge on any atom is -0.380 e. The lowest BCUT2D eigenvalue weighted by molar-refractivity contribution is 0.770. The van der Waals surface area contributed by atoms with Gasteiger partial charge in [0.05, 0.1) is 5.69 Å². The largest absolute Gasteiger partial charge is 0.380 e. The van der Waals surface area contributed by atoms with Crippen LogP contribution in [0.3, 0.4) is 0 Å². The van der Waals surface area contributed by atoms with E-state index in [-0.39, 0.29) is 0 Å². The standard InChI is InChI=1S/C15H17N3/c1-12-4-6-13(7-5-12)11-18-10-9-16-14-3-2-8-17-15(14)18/h2-8,16H,9-11H2,1H3. The van der Waals surface area contributed by atoms with Crippen molar-refractivity contribution in [1.82, 2.24) is 4.98 Å². The van der Waals surface area contributed by atoms with Gasteiger partial charge < -0.3 is 10.2 Å². The lowest BCUT2D eigenvalue weighted by Gasteiger charge is -2.30. The van der Waals surface area contributed by atoms with Gasteiger partial charge in [-0.25, -0.2) is 4.98 Å². The number of pyridine rings is 1. The maximum Gasteiger partial charge on any atom is 0.152 e. The first-order valence-electron chi connectivity index (χ1n) is 6.32. The number of rotatable bonds is 2. The summed E-state index contributed by atoms with van der Waals surface area (Å²) < 4.78 is 0. The Morgan fingerprint density at radius 2 is 2.06 bits per heavy atom. The number of fused-ring (bicyclic) bond motifs is 1. The normalized spacial score (nSPS) is 13.9. The monoisotopic (exact) mass is 239 g/mol. The predicted molar refractivity (Wildman–Crippen MR) is 75.0 cm³/mol. The zero-order valence-corrected chi connectivity index (χ0v) is 10.6. The Kier molecular flexibility index (Phi) is 2.89. The molecule has 3 rings (SSSR count). The number of anilines is 2. The molecule has 0 saturated carbocycles. The number of aryl methyl sites for hydroxylation is 1. The van der Waals surface area contributed by atoms with Crippen molar-refractivity contribution >= 4 is 11.5 Å². The molecule has 3 nitrogen and oxygen atoms in total. The van der Waals surface area contributed by atoms with Gasteiger partial charge in [0.2, 0.25) is 0 Å². The van der Waals surface area contributed by atoms with Gasteiger partial charge in [-0.05, 0) is 24.6 Å². The Hall–Kier alpha value is -2.03. The van der Waals surface area contributed by atoms with Crippen molar-refractivity contribution in [2.75, 3.05) is 23.3 Å². The molecule has 1 aliphatic rings. The zero-order chi connectivity index (χ0) is 12.4. The fraction of sp³-hybridized carbons (Fsp3) is 0.267. The number of nitrogens with one attached hydrogen (secondary N) is 1. The van der Waals surface area contributed by atoms with Crippen LogP contribution >= 0.6 is 0 Å². The van der Waals surface area contributed by atoms with Crippen molar-refractivity contribution in [2.24, 2.45) is 0 Å². The molecular weight excluding hydrogens is 222 g/mol. The van der Waals surface area contributed by atoms with E-state index in [0.717, 1.165) is 31.1 Å². The van der Waals surface area contributed by atoms with Crippen LogP contribution in [0.25, 0.3) is 0 Å². The zero-order valence-electron chi connectivity index (χ0n) is 10.6. The van der Waals surface area contributed by atoms with Crippen LogP contribution in [0.5, 0.6) is 0 Å². The molecule has 0 radical (unpaired) electrons. The van der Waals surface area contributed by atoms with E-state index < -0.39 is 0 Å². The summed E-state index contributed by atoms with van der Waals surface area (Å²) in [7, 11) is 0. The van der Waals surface area contributed by atoms with Gasteiger partial charge in [-0.1, -0.05) is 29.8 Å². The molecule has 0 spiro atoms. The summed E-state index contributed by atoms with van der Waals surface area (Å²) in [4.78, 5) is 6.81. The number of hydrogen-bond donors (Lipinski definition) is 1. The van der Waals surface area contributed by atoms with E-state index in [4.69, 9.17) is 0 Å². The quantitative estimate of drug-likeness (QED) is 0.873. The van der Waals surface area contributed by atoms with Crippen LogP contribution in [-0.2, 0) is 6.54 Å². The van der Waals surface area contributed by atoms with Gasteiger partial charge in [-0.15, -0.1) is 0 Å². The lowest BCUT2D eigenvalue weighted by Crippen LogP contribution is -2.34. The Bertz CT molecular complexity index is 534. The first-order valence-corrected chi connectivity index (χ1v) is 6.32. The van der Waals surface area contributed by atoms with Crippen LogP contribution in [0.15, 0.2) is 42.6 Å². The number of aromatic nitrogens is 1. The van der Waals surface area contributed by atoms with E-state index in [0.29, 0.717) is 0 Å². The van der Waals surface area contributed by atoms with E-state index in [1.54, 1.807) is 0 Å². The Morgan fingerprint density at radius 3 is 2.89 bits per heavy atom. The fourth-order valence-corrected chi connectivity index (χ4v) is 2.29. The van der Waals surface area contributed by atoms with E-state index in [1.807, 2.05) is 12.3 Å². The van der Waals surface area contributed by atoms with E-state index in [1.165, 1.54) is 11.1 Å². The van der Waals surface area contributed by atoms with Crippen molar-refractivity contribution in [1.29, 1.82) is 0 Å². The summed E-state index contributed by atoms with van der Waals surface area (Å²) in [5.41, 5.74) is 3.77. The molecule has 2 heterocycles. The van der Waals surface area contributed by atoms with E-state index in [9.17, 15) is 0 Å². The van der Waals surface area contributed by atoms with E-state index >= 15 is 0 Å². The smallest absolute Gasteiger partial charge is 0.152 e. The van der Waals surface area contributed by atoms with Crippen LogP contribution in [0.4, 0.5) is 11.5 Å². The molecule has 0 atom stereocenters. The molecule has 92 valence electrons. The number of hydrogen-bond acceptors (Lipinski definition) is 3. The lowest BCUT2D eigenvalue weighted by atomic mass is 10.1. The molecule has 3 heteroatoms. The average molecular weight is 239 g/mol. The molecule has 0 unspecified atom stereocenters. The highest BCUT2D eigenvalue weighted by molar-refractivity contribution is 5.67. The van der Waals surface area contributed by atoms with Gasteiger partial charge >= 0.3 is 0 Å². The van der Waals surface area contributed by atoms with Crippen molar-refractivity contribution in [3.8, 4) is 0 Å². The van der Waals surface area contributed by atoms with E-state index in [2.05, 4.69) is 52.5 Å². The third-order valence-corrected chi connectivity index (χ3v) is 3.28. The Morgan fingerprint density at radius 1 is 1.22 bits per heavy atom. The predicted octanol–water partition coefficient (Wildman–Crippen LogP) is 2.82. The first kappa shape index (κ1) is 11.1. The molecule has 0 amide bonds. The van der Waals surface area contributed by atoms with Crippen molar-refractivity contribution < 1.29 is 0 Å². The molecule has 1 aliphatic heterocycles. The van der Waals surface area contributed by atoms with Crippen LogP contribution in [-0.4, -0.2) is 18.1 Å². The molecule has 1 N–H and O–H groups in total. The molecule has 0 bridgehead atoms. The molecule has 0 saturated heterocycles. The van der Waals surface area contributed by atoms with Crippen molar-refractivity contribution in [3.05, 3.63) is 53.7 Å². The highest BCUT2D eigenvalue weighted by Crippen LogP contribution is 2.26. The van der Waals surface area contributed by atoms with Gasteiger partial charge in [-0.2, -0.15) is 0 Å². The second-order valence-electron chi connectivity index (χ2n) is 4.71. The maximum absolute atomic E-state index is 4.48. The molecule has 18 heavy (non-hydrogen) atoms. The second kappa shape index (κ2) is 4.69. The Balaban J connectivity index is 1.84. The summed E-state index contributed by atoms with van der Waals surface area (Å²) in [6.45, 7) is 5.01. The number of nitrogens with zero attached hydrogens (tertiary/aromatic N) is 2. The second-order valence-corrected chi connectivity index (χ2v) is 4.71. The summed E-state index contributed by atoms with van der Waals surface area (Å²) in [5.74, 6) is 1.06. The van der Waals surface area contributed by atoms with Crippen molar-refractivity contribution in [2.45, 2.75) is 13.5 Å². The molecular formula is C15H17N3. The van der Waals surface area contributed by atoms with Crippen LogP contribution in [0.1, 0.15) is 11.1 Å². The highest BCUT2D eigenvalue weighted by atomic mass is 15.2. The molecule has 2 aromatic rings. The van der Waals surface area contributed by atoms with Gasteiger partial charge in [0.25, 0.3) is 0 Å². The molecule has 0 fully saturated rings. The van der Waals surface area contributed by atoms with Crippen LogP contribution in [0, 0.1) is 6.92 Å². The van der Waals surface area contributed by atoms with Crippen LogP contribution < -0.4 is 10.2 Å². The van der Waals surface area contributed by atoms with Gasteiger partial charge in [0, 0.05) is 25.8 Å². The minimum absolute atomic E-state index is 0.923. The SMILES string of the molecule is Cc1ccc(CN2CCNc3cccnc32)cc1. The van der Waals surface area contributed by atoms with Crippen molar-refractivity contribution in [3.63, 3.8) is 0 Å². The summed E-state index contributed by atoms with van der Waals surface area (Å²) in [6.07, 6.45) is 1.86. The van der Waals surface area contributed by atoms with Gasteiger partial charge in [0.1, 0.15) is 0 Å². The molecule has 0 aliphatic carbocycles. The number of benzene rings is 1. The third kappa shape index (κ3) is 2.16. The summed E-state index contributed by atoms with van der Waals surface area (Å²) in [5, 5.41) is 3.38. The van der Waals surface area contributed by atoms with Gasteiger partial charge in [-0.3, -0.25) is 0 Å². The third-order valence-electron chi connectivity index (χ3n) is 3.28. The molecule has 1 aromatic heterocycles. The Labute approximate surface area is 107 Å². The molecule has 1 aromatic carbocycles.